The van der Waals surface area contributed by atoms with Crippen molar-refractivity contribution >= 4 is 11.5 Å². The number of benzene rings is 2. The molecule has 1 aliphatic heterocycles. The summed E-state index contributed by atoms with van der Waals surface area (Å²) in [7, 11) is 0. The zero-order valence-corrected chi connectivity index (χ0v) is 14.6. The third kappa shape index (κ3) is 3.81. The molecule has 1 aromatic heterocycles. The number of nitrogens with zero attached hydrogens (tertiary/aromatic N) is 4. The first-order valence-corrected chi connectivity index (χ1v) is 8.69. The Balaban J connectivity index is 1.44. The maximum absolute atomic E-state index is 14.0. The predicted octanol–water partition coefficient (Wildman–Crippen LogP) is 3.87. The molecule has 7 heteroatoms. The molecule has 2 aromatic carbocycles. The standard InChI is InChI=1S/C20H18F2N4O/c21-15-5-1-3-7-17(15)25-9-11-26(12-10-25)19-13-20(24-14-23-19)27-18-8-4-2-6-16(18)22/h1-8,13-14H,9-12H2. The first-order chi connectivity index (χ1) is 13.2. The van der Waals surface area contributed by atoms with Crippen molar-refractivity contribution in [3.63, 3.8) is 0 Å². The van der Waals surface area contributed by atoms with Gasteiger partial charge in [-0.3, -0.25) is 0 Å². The van der Waals surface area contributed by atoms with Crippen molar-refractivity contribution < 1.29 is 13.5 Å². The molecule has 2 heterocycles. The van der Waals surface area contributed by atoms with Crippen LogP contribution in [0.5, 0.6) is 11.6 Å². The summed E-state index contributed by atoms with van der Waals surface area (Å²) in [6, 6.07) is 14.6. The molecule has 27 heavy (non-hydrogen) atoms. The van der Waals surface area contributed by atoms with Crippen LogP contribution in [0.3, 0.4) is 0 Å². The Morgan fingerprint density at radius 2 is 1.44 bits per heavy atom. The molecule has 1 saturated heterocycles. The van der Waals surface area contributed by atoms with Crippen molar-refractivity contribution in [1.29, 1.82) is 0 Å². The molecule has 3 aromatic rings. The molecule has 4 rings (SSSR count). The molecule has 138 valence electrons. The zero-order valence-electron chi connectivity index (χ0n) is 14.6. The van der Waals surface area contributed by atoms with E-state index < -0.39 is 5.82 Å². The quantitative estimate of drug-likeness (QED) is 0.699. The lowest BCUT2D eigenvalue weighted by molar-refractivity contribution is 0.426. The minimum atomic E-state index is -0.448. The number of halogens is 2. The lowest BCUT2D eigenvalue weighted by Crippen LogP contribution is -2.47. The maximum atomic E-state index is 14.0. The van der Waals surface area contributed by atoms with Crippen LogP contribution in [0.15, 0.2) is 60.9 Å². The van der Waals surface area contributed by atoms with Gasteiger partial charge in [0, 0.05) is 32.2 Å². The SMILES string of the molecule is Fc1ccccc1Oc1cc(N2CCN(c3ccccc3F)CC2)ncn1. The molecule has 5 nitrogen and oxygen atoms in total. The molecule has 1 aliphatic rings. The van der Waals surface area contributed by atoms with Crippen LogP contribution < -0.4 is 14.5 Å². The Labute approximate surface area is 155 Å². The lowest BCUT2D eigenvalue weighted by Gasteiger charge is -2.36. The van der Waals surface area contributed by atoms with Gasteiger partial charge in [-0.05, 0) is 24.3 Å². The van der Waals surface area contributed by atoms with Crippen molar-refractivity contribution in [1.82, 2.24) is 9.97 Å². The van der Waals surface area contributed by atoms with Gasteiger partial charge in [-0.1, -0.05) is 24.3 Å². The van der Waals surface area contributed by atoms with Gasteiger partial charge in [-0.15, -0.1) is 0 Å². The number of para-hydroxylation sites is 2. The number of aromatic nitrogens is 2. The van der Waals surface area contributed by atoms with Gasteiger partial charge in [0.2, 0.25) is 5.88 Å². The van der Waals surface area contributed by atoms with Crippen LogP contribution in [0.1, 0.15) is 0 Å². The van der Waals surface area contributed by atoms with E-state index in [1.54, 1.807) is 36.4 Å². The molecular weight excluding hydrogens is 350 g/mol. The van der Waals surface area contributed by atoms with E-state index in [1.165, 1.54) is 18.5 Å². The van der Waals surface area contributed by atoms with E-state index >= 15 is 0 Å². The molecule has 0 radical (unpaired) electrons. The van der Waals surface area contributed by atoms with Gasteiger partial charge in [0.1, 0.15) is 18.0 Å². The topological polar surface area (TPSA) is 41.5 Å². The predicted molar refractivity (Wildman–Crippen MR) is 99.3 cm³/mol. The molecule has 0 saturated carbocycles. The molecule has 0 unspecified atom stereocenters. The van der Waals surface area contributed by atoms with Crippen molar-refractivity contribution in [2.75, 3.05) is 36.0 Å². The normalized spacial score (nSPS) is 14.3. The molecule has 1 fully saturated rings. The average Bonchev–Trinajstić information content (AvgIpc) is 2.71. The molecular formula is C20H18F2N4O. The first-order valence-electron chi connectivity index (χ1n) is 8.69. The van der Waals surface area contributed by atoms with Crippen LogP contribution in [0.2, 0.25) is 0 Å². The minimum absolute atomic E-state index is 0.117. The van der Waals surface area contributed by atoms with Crippen LogP contribution in [-0.2, 0) is 0 Å². The van der Waals surface area contributed by atoms with E-state index in [2.05, 4.69) is 14.9 Å². The van der Waals surface area contributed by atoms with Gasteiger partial charge in [0.25, 0.3) is 0 Å². The Morgan fingerprint density at radius 1 is 0.778 bits per heavy atom. The third-order valence-electron chi connectivity index (χ3n) is 4.48. The highest BCUT2D eigenvalue weighted by Crippen LogP contribution is 2.26. The largest absolute Gasteiger partial charge is 0.436 e. The van der Waals surface area contributed by atoms with Gasteiger partial charge in [-0.25, -0.2) is 18.7 Å². The maximum Gasteiger partial charge on any atom is 0.224 e. The van der Waals surface area contributed by atoms with E-state index in [9.17, 15) is 8.78 Å². The molecule has 0 aliphatic carbocycles. The lowest BCUT2D eigenvalue weighted by atomic mass is 10.2. The number of piperazine rings is 1. The van der Waals surface area contributed by atoms with Gasteiger partial charge < -0.3 is 14.5 Å². The number of hydrogen-bond acceptors (Lipinski definition) is 5. The summed E-state index contributed by atoms with van der Waals surface area (Å²) in [6.07, 6.45) is 1.40. The van der Waals surface area contributed by atoms with E-state index in [0.29, 0.717) is 37.7 Å². The van der Waals surface area contributed by atoms with Crippen LogP contribution in [0.25, 0.3) is 0 Å². The second-order valence-electron chi connectivity index (χ2n) is 6.17. The molecule has 0 amide bonds. The highest BCUT2D eigenvalue weighted by Gasteiger charge is 2.20. The summed E-state index contributed by atoms with van der Waals surface area (Å²) < 4.78 is 33.3. The van der Waals surface area contributed by atoms with Crippen LogP contribution in [-0.4, -0.2) is 36.1 Å². The third-order valence-corrected chi connectivity index (χ3v) is 4.48. The number of rotatable bonds is 4. The van der Waals surface area contributed by atoms with Gasteiger partial charge in [0.05, 0.1) is 5.69 Å². The van der Waals surface area contributed by atoms with Crippen molar-refractivity contribution in [2.45, 2.75) is 0 Å². The molecule has 0 atom stereocenters. The number of ether oxygens (including phenoxy) is 1. The smallest absolute Gasteiger partial charge is 0.224 e. The first kappa shape index (κ1) is 17.2. The second kappa shape index (κ2) is 7.57. The zero-order chi connectivity index (χ0) is 18.6. The summed E-state index contributed by atoms with van der Waals surface area (Å²) in [5.74, 6) is 0.433. The van der Waals surface area contributed by atoms with E-state index in [1.807, 2.05) is 11.0 Å². The Morgan fingerprint density at radius 3 is 2.19 bits per heavy atom. The fourth-order valence-electron chi connectivity index (χ4n) is 3.08. The van der Waals surface area contributed by atoms with Gasteiger partial charge >= 0.3 is 0 Å². The van der Waals surface area contributed by atoms with E-state index in [4.69, 9.17) is 4.74 Å². The van der Waals surface area contributed by atoms with Crippen LogP contribution in [0, 0.1) is 11.6 Å². The average molecular weight is 368 g/mol. The summed E-state index contributed by atoms with van der Waals surface area (Å²) in [5, 5.41) is 0. The van der Waals surface area contributed by atoms with E-state index in [0.717, 1.165) is 0 Å². The van der Waals surface area contributed by atoms with E-state index in [-0.39, 0.29) is 17.4 Å². The summed E-state index contributed by atoms with van der Waals surface area (Å²) >= 11 is 0. The highest BCUT2D eigenvalue weighted by molar-refractivity contribution is 5.51. The van der Waals surface area contributed by atoms with Gasteiger partial charge in [-0.2, -0.15) is 0 Å². The molecule has 0 bridgehead atoms. The van der Waals surface area contributed by atoms with Crippen molar-refractivity contribution in [3.05, 3.63) is 72.6 Å². The highest BCUT2D eigenvalue weighted by atomic mass is 19.1. The summed E-state index contributed by atoms with van der Waals surface area (Å²) in [4.78, 5) is 12.4. The Hall–Kier alpha value is -3.22. The van der Waals surface area contributed by atoms with Crippen molar-refractivity contribution in [2.24, 2.45) is 0 Å². The minimum Gasteiger partial charge on any atom is -0.436 e. The Kier molecular flexibility index (Phi) is 4.82. The Bertz CT molecular complexity index is 929. The number of hydrogen-bond donors (Lipinski definition) is 0. The fraction of sp³-hybridized carbons (Fsp3) is 0.200. The van der Waals surface area contributed by atoms with Gasteiger partial charge in [0.15, 0.2) is 11.6 Å². The monoisotopic (exact) mass is 368 g/mol. The van der Waals surface area contributed by atoms with Crippen molar-refractivity contribution in [3.8, 4) is 11.6 Å². The summed E-state index contributed by atoms with van der Waals surface area (Å²) in [5.41, 5.74) is 0.614. The van der Waals surface area contributed by atoms with Crippen LogP contribution in [0.4, 0.5) is 20.3 Å². The number of anilines is 2. The molecule has 0 N–H and O–H groups in total. The second-order valence-corrected chi connectivity index (χ2v) is 6.17. The fourth-order valence-corrected chi connectivity index (χ4v) is 3.08. The van der Waals surface area contributed by atoms with Crippen LogP contribution >= 0.6 is 0 Å². The molecule has 0 spiro atoms. The summed E-state index contributed by atoms with van der Waals surface area (Å²) in [6.45, 7) is 2.72.